The van der Waals surface area contributed by atoms with Crippen molar-refractivity contribution in [3.63, 3.8) is 0 Å². The first-order chi connectivity index (χ1) is 6.29. The molecule has 1 aromatic rings. The van der Waals surface area contributed by atoms with Gasteiger partial charge in [0, 0.05) is 11.6 Å². The summed E-state index contributed by atoms with van der Waals surface area (Å²) in [5.74, 6) is 5.55. The predicted octanol–water partition coefficient (Wildman–Crippen LogP) is 2.36. The van der Waals surface area contributed by atoms with Crippen LogP contribution in [-0.4, -0.2) is 5.24 Å². The molecule has 0 saturated heterocycles. The maximum atomic E-state index is 10.3. The van der Waals surface area contributed by atoms with E-state index in [4.69, 9.17) is 11.6 Å². The van der Waals surface area contributed by atoms with Gasteiger partial charge in [-0.2, -0.15) is 0 Å². The van der Waals surface area contributed by atoms with Crippen molar-refractivity contribution in [3.05, 3.63) is 48.0 Å². The van der Waals surface area contributed by atoms with Gasteiger partial charge >= 0.3 is 0 Å². The number of halogens is 1. The number of rotatable bonds is 1. The van der Waals surface area contributed by atoms with Crippen LogP contribution in [0, 0.1) is 11.8 Å². The monoisotopic (exact) mass is 190 g/mol. The van der Waals surface area contributed by atoms with Gasteiger partial charge in [0.05, 0.1) is 0 Å². The van der Waals surface area contributed by atoms with E-state index < -0.39 is 5.24 Å². The number of hydrogen-bond acceptors (Lipinski definition) is 1. The van der Waals surface area contributed by atoms with E-state index in [-0.39, 0.29) is 0 Å². The Morgan fingerprint density at radius 2 is 2.00 bits per heavy atom. The van der Waals surface area contributed by atoms with E-state index in [9.17, 15) is 4.79 Å². The molecule has 0 radical (unpaired) electrons. The van der Waals surface area contributed by atoms with Crippen LogP contribution in [0.15, 0.2) is 42.5 Å². The standard InChI is InChI=1S/C11H7ClO/c12-11(13)9-5-4-8-10-6-2-1-3-7-10/h1-3,5-7,9H. The molecule has 64 valence electrons. The largest absolute Gasteiger partial charge is 0.276 e. The van der Waals surface area contributed by atoms with Crippen molar-refractivity contribution in [2.45, 2.75) is 0 Å². The molecule has 0 fully saturated rings. The summed E-state index contributed by atoms with van der Waals surface area (Å²) in [5.41, 5.74) is 0.911. The molecule has 2 heteroatoms. The lowest BCUT2D eigenvalue weighted by molar-refractivity contribution is -0.107. The maximum Gasteiger partial charge on any atom is 0.245 e. The van der Waals surface area contributed by atoms with Crippen molar-refractivity contribution < 1.29 is 4.79 Å². The van der Waals surface area contributed by atoms with E-state index in [1.165, 1.54) is 12.2 Å². The van der Waals surface area contributed by atoms with Gasteiger partial charge in [0.1, 0.15) is 0 Å². The van der Waals surface area contributed by atoms with Crippen LogP contribution in [0.5, 0.6) is 0 Å². The topological polar surface area (TPSA) is 17.1 Å². The predicted molar refractivity (Wildman–Crippen MR) is 53.3 cm³/mol. The van der Waals surface area contributed by atoms with Gasteiger partial charge < -0.3 is 0 Å². The molecular formula is C11H7ClO. The van der Waals surface area contributed by atoms with Crippen molar-refractivity contribution in [2.75, 3.05) is 0 Å². The van der Waals surface area contributed by atoms with E-state index in [0.717, 1.165) is 5.56 Å². The Labute approximate surface area is 82.0 Å². The third kappa shape index (κ3) is 4.15. The lowest BCUT2D eigenvalue weighted by Crippen LogP contribution is -1.73. The zero-order chi connectivity index (χ0) is 9.52. The Kier molecular flexibility index (Phi) is 3.81. The summed E-state index contributed by atoms with van der Waals surface area (Å²) in [7, 11) is 0. The van der Waals surface area contributed by atoms with Gasteiger partial charge in [-0.05, 0) is 29.8 Å². The second-order valence-corrected chi connectivity index (χ2v) is 2.65. The van der Waals surface area contributed by atoms with Crippen LogP contribution in [0.3, 0.4) is 0 Å². The molecule has 1 rings (SSSR count). The molecule has 0 aliphatic heterocycles. The Morgan fingerprint density at radius 1 is 1.31 bits per heavy atom. The summed E-state index contributed by atoms with van der Waals surface area (Å²) in [5, 5.41) is -0.512. The molecule has 0 aliphatic carbocycles. The SMILES string of the molecule is O=C(Cl)C=CC#Cc1ccccc1. The third-order valence-electron chi connectivity index (χ3n) is 1.29. The smallest absolute Gasteiger partial charge is 0.245 e. The molecule has 0 spiro atoms. The van der Waals surface area contributed by atoms with Gasteiger partial charge in [-0.15, -0.1) is 0 Å². The van der Waals surface area contributed by atoms with Crippen molar-refractivity contribution in [1.29, 1.82) is 0 Å². The Hall–Kier alpha value is -1.52. The highest BCUT2D eigenvalue weighted by atomic mass is 35.5. The highest BCUT2D eigenvalue weighted by molar-refractivity contribution is 6.66. The molecule has 0 unspecified atom stereocenters. The molecule has 13 heavy (non-hydrogen) atoms. The molecule has 1 nitrogen and oxygen atoms in total. The Morgan fingerprint density at radius 3 is 2.62 bits per heavy atom. The first-order valence-corrected chi connectivity index (χ1v) is 4.09. The lowest BCUT2D eigenvalue weighted by Gasteiger charge is -1.84. The van der Waals surface area contributed by atoms with Gasteiger partial charge in [-0.25, -0.2) is 0 Å². The van der Waals surface area contributed by atoms with Gasteiger partial charge in [0.2, 0.25) is 5.24 Å². The first-order valence-electron chi connectivity index (χ1n) is 3.71. The van der Waals surface area contributed by atoms with Gasteiger partial charge in [0.15, 0.2) is 0 Å². The van der Waals surface area contributed by atoms with Crippen LogP contribution in [0.25, 0.3) is 0 Å². The fourth-order valence-electron chi connectivity index (χ4n) is 0.754. The molecule has 0 N–H and O–H groups in total. The number of carbonyl (C=O) groups excluding carboxylic acids is 1. The van der Waals surface area contributed by atoms with Crippen LogP contribution in [0.4, 0.5) is 0 Å². The van der Waals surface area contributed by atoms with Crippen molar-refractivity contribution in [3.8, 4) is 11.8 Å². The summed E-state index contributed by atoms with van der Waals surface area (Å²) in [6, 6.07) is 9.51. The van der Waals surface area contributed by atoms with E-state index in [1.54, 1.807) is 0 Å². The molecule has 0 saturated carbocycles. The van der Waals surface area contributed by atoms with Crippen molar-refractivity contribution in [2.24, 2.45) is 0 Å². The van der Waals surface area contributed by atoms with Crippen LogP contribution in [0.1, 0.15) is 5.56 Å². The van der Waals surface area contributed by atoms with Crippen LogP contribution in [0.2, 0.25) is 0 Å². The van der Waals surface area contributed by atoms with Gasteiger partial charge in [-0.3, -0.25) is 4.79 Å². The fraction of sp³-hybridized carbons (Fsp3) is 0. The normalized spacial score (nSPS) is 9.31. The first kappa shape index (κ1) is 9.57. The highest BCUT2D eigenvalue weighted by Gasteiger charge is 1.81. The Bertz CT molecular complexity index is 368. The van der Waals surface area contributed by atoms with E-state index in [2.05, 4.69) is 11.8 Å². The lowest BCUT2D eigenvalue weighted by atomic mass is 10.2. The average Bonchev–Trinajstić information content (AvgIpc) is 2.14. The number of hydrogen-bond donors (Lipinski definition) is 0. The molecule has 0 aliphatic rings. The molecule has 0 amide bonds. The quantitative estimate of drug-likeness (QED) is 0.378. The summed E-state index contributed by atoms with van der Waals surface area (Å²) in [6.07, 6.45) is 2.65. The molecule has 0 bridgehead atoms. The van der Waals surface area contributed by atoms with Crippen LogP contribution >= 0.6 is 11.6 Å². The van der Waals surface area contributed by atoms with E-state index >= 15 is 0 Å². The zero-order valence-corrected chi connectivity index (χ0v) is 7.58. The molecule has 0 heterocycles. The second kappa shape index (κ2) is 5.18. The minimum atomic E-state index is -0.512. The Balaban J connectivity index is 2.64. The van der Waals surface area contributed by atoms with Crippen molar-refractivity contribution >= 4 is 16.8 Å². The highest BCUT2D eigenvalue weighted by Crippen LogP contribution is 1.94. The maximum absolute atomic E-state index is 10.3. The number of allylic oxidation sites excluding steroid dienone is 2. The minimum absolute atomic E-state index is 0.512. The summed E-state index contributed by atoms with van der Waals surface area (Å²) < 4.78 is 0. The van der Waals surface area contributed by atoms with E-state index in [0.29, 0.717) is 0 Å². The fourth-order valence-corrected chi connectivity index (χ4v) is 0.817. The van der Waals surface area contributed by atoms with Crippen LogP contribution < -0.4 is 0 Å². The van der Waals surface area contributed by atoms with Gasteiger partial charge in [-0.1, -0.05) is 30.0 Å². The van der Waals surface area contributed by atoms with Gasteiger partial charge in [0.25, 0.3) is 0 Å². The summed E-state index contributed by atoms with van der Waals surface area (Å²) in [4.78, 5) is 10.3. The molecule has 1 aromatic carbocycles. The zero-order valence-electron chi connectivity index (χ0n) is 6.83. The summed E-state index contributed by atoms with van der Waals surface area (Å²) >= 11 is 5.07. The molecule has 0 aromatic heterocycles. The summed E-state index contributed by atoms with van der Waals surface area (Å²) in [6.45, 7) is 0. The second-order valence-electron chi connectivity index (χ2n) is 2.27. The number of benzene rings is 1. The number of carbonyl (C=O) groups is 1. The van der Waals surface area contributed by atoms with Crippen molar-refractivity contribution in [1.82, 2.24) is 0 Å². The minimum Gasteiger partial charge on any atom is -0.276 e. The van der Waals surface area contributed by atoms with E-state index in [1.807, 2.05) is 30.3 Å². The molecular weight excluding hydrogens is 184 g/mol. The third-order valence-corrected chi connectivity index (χ3v) is 1.41. The molecule has 0 atom stereocenters. The average molecular weight is 191 g/mol. The van der Waals surface area contributed by atoms with Crippen LogP contribution in [-0.2, 0) is 4.79 Å².